The van der Waals surface area contributed by atoms with E-state index in [1.54, 1.807) is 20.8 Å². The van der Waals surface area contributed by atoms with Crippen molar-refractivity contribution in [2.24, 2.45) is 11.3 Å². The van der Waals surface area contributed by atoms with E-state index in [1.807, 2.05) is 0 Å². The normalized spacial score (nSPS) is 17.7. The number of carbonyl (C=O) groups is 2. The van der Waals surface area contributed by atoms with Crippen LogP contribution in [0.4, 0.5) is 4.79 Å². The molecule has 1 aliphatic rings. The summed E-state index contributed by atoms with van der Waals surface area (Å²) in [5, 5.41) is 14.2. The summed E-state index contributed by atoms with van der Waals surface area (Å²) in [5.74, 6) is -0.419. The van der Waals surface area contributed by atoms with Crippen LogP contribution in [0.15, 0.2) is 0 Å². The van der Waals surface area contributed by atoms with Crippen LogP contribution in [0.1, 0.15) is 33.6 Å². The number of carbonyl (C=O) groups excluding carboxylic acids is 1. The molecule has 0 aromatic heterocycles. The number of hydrogen-bond donors (Lipinski definition) is 3. The van der Waals surface area contributed by atoms with Gasteiger partial charge in [0.05, 0.1) is 0 Å². The van der Waals surface area contributed by atoms with E-state index in [9.17, 15) is 9.59 Å². The maximum atomic E-state index is 11.5. The first-order chi connectivity index (χ1) is 7.30. The highest BCUT2D eigenvalue weighted by Gasteiger charge is 2.32. The van der Waals surface area contributed by atoms with E-state index in [-0.39, 0.29) is 0 Å². The van der Waals surface area contributed by atoms with Crippen molar-refractivity contribution in [1.29, 1.82) is 0 Å². The number of hydrogen-bond acceptors (Lipinski definition) is 2. The fraction of sp³-hybridized carbons (Fsp3) is 0.818. The lowest BCUT2D eigenvalue weighted by Crippen LogP contribution is -2.52. The van der Waals surface area contributed by atoms with E-state index in [4.69, 9.17) is 5.11 Å². The molecule has 16 heavy (non-hydrogen) atoms. The summed E-state index contributed by atoms with van der Waals surface area (Å²) in [7, 11) is 0. The molecule has 0 saturated heterocycles. The molecule has 1 fully saturated rings. The van der Waals surface area contributed by atoms with E-state index in [0.717, 1.165) is 12.8 Å². The van der Waals surface area contributed by atoms with Crippen LogP contribution in [0, 0.1) is 11.3 Å². The molecule has 0 aliphatic heterocycles. The molecule has 0 heterocycles. The molecule has 5 nitrogen and oxygen atoms in total. The lowest BCUT2D eigenvalue weighted by molar-refractivity contribution is -0.141. The Kier molecular flexibility index (Phi) is 3.78. The summed E-state index contributed by atoms with van der Waals surface area (Å²) in [4.78, 5) is 22.4. The van der Waals surface area contributed by atoms with Crippen molar-refractivity contribution < 1.29 is 14.7 Å². The highest BCUT2D eigenvalue weighted by atomic mass is 16.4. The fourth-order valence-corrected chi connectivity index (χ4v) is 1.39. The van der Waals surface area contributed by atoms with Crippen LogP contribution >= 0.6 is 0 Å². The van der Waals surface area contributed by atoms with Gasteiger partial charge in [0.1, 0.15) is 6.04 Å². The van der Waals surface area contributed by atoms with Gasteiger partial charge >= 0.3 is 12.0 Å². The smallest absolute Gasteiger partial charge is 0.326 e. The number of amides is 2. The van der Waals surface area contributed by atoms with Crippen molar-refractivity contribution in [3.8, 4) is 0 Å². The predicted octanol–water partition coefficient (Wildman–Crippen LogP) is 1.19. The summed E-state index contributed by atoms with van der Waals surface area (Å²) in [6.45, 7) is 6.00. The molecular formula is C11H20N2O3. The minimum absolute atomic E-state index is 0.394. The second-order valence-corrected chi connectivity index (χ2v) is 5.44. The van der Waals surface area contributed by atoms with Crippen molar-refractivity contribution in [3.63, 3.8) is 0 Å². The molecule has 0 aromatic carbocycles. The lowest BCUT2D eigenvalue weighted by Gasteiger charge is -2.27. The molecule has 2 amide bonds. The van der Waals surface area contributed by atoms with Crippen LogP contribution in [0.25, 0.3) is 0 Å². The molecule has 1 saturated carbocycles. The minimum atomic E-state index is -1.01. The van der Waals surface area contributed by atoms with Gasteiger partial charge in [-0.15, -0.1) is 0 Å². The first-order valence-electron chi connectivity index (χ1n) is 5.58. The Morgan fingerprint density at radius 3 is 2.31 bits per heavy atom. The summed E-state index contributed by atoms with van der Waals surface area (Å²) in [6, 6.07) is -1.26. The SMILES string of the molecule is CC(C)(C)[C@H](NC(=O)NCC1CC1)C(=O)O. The van der Waals surface area contributed by atoms with E-state index < -0.39 is 23.5 Å². The Bertz CT molecular complexity index is 279. The fourth-order valence-electron chi connectivity index (χ4n) is 1.39. The Morgan fingerprint density at radius 2 is 1.94 bits per heavy atom. The van der Waals surface area contributed by atoms with Gasteiger partial charge in [0.2, 0.25) is 0 Å². The Balaban J connectivity index is 2.40. The van der Waals surface area contributed by atoms with Gasteiger partial charge in [-0.05, 0) is 24.2 Å². The Morgan fingerprint density at radius 1 is 1.38 bits per heavy atom. The van der Waals surface area contributed by atoms with Crippen LogP contribution in [0.5, 0.6) is 0 Å². The molecule has 0 unspecified atom stereocenters. The average molecular weight is 228 g/mol. The molecule has 92 valence electrons. The van der Waals surface area contributed by atoms with Crippen molar-refractivity contribution in [2.45, 2.75) is 39.7 Å². The molecule has 0 bridgehead atoms. The number of carboxylic acids is 1. The van der Waals surface area contributed by atoms with Gasteiger partial charge in [0.25, 0.3) is 0 Å². The first-order valence-corrected chi connectivity index (χ1v) is 5.58. The van der Waals surface area contributed by atoms with Gasteiger partial charge in [-0.1, -0.05) is 20.8 Å². The van der Waals surface area contributed by atoms with Crippen LogP contribution in [0.2, 0.25) is 0 Å². The Hall–Kier alpha value is -1.26. The zero-order valence-corrected chi connectivity index (χ0v) is 10.0. The number of rotatable bonds is 4. The van der Waals surface area contributed by atoms with Gasteiger partial charge in [0, 0.05) is 6.54 Å². The molecule has 0 aromatic rings. The van der Waals surface area contributed by atoms with E-state index in [1.165, 1.54) is 0 Å². The first kappa shape index (κ1) is 12.8. The third-order valence-corrected chi connectivity index (χ3v) is 2.64. The van der Waals surface area contributed by atoms with Gasteiger partial charge < -0.3 is 15.7 Å². The topological polar surface area (TPSA) is 78.4 Å². The third kappa shape index (κ3) is 4.08. The van der Waals surface area contributed by atoms with Gasteiger partial charge in [-0.2, -0.15) is 0 Å². The molecule has 0 radical (unpaired) electrons. The van der Waals surface area contributed by atoms with Crippen molar-refractivity contribution in [3.05, 3.63) is 0 Å². The predicted molar refractivity (Wildman–Crippen MR) is 60.1 cm³/mol. The summed E-state index contributed by atoms with van der Waals surface area (Å²) in [6.07, 6.45) is 2.31. The van der Waals surface area contributed by atoms with Gasteiger partial charge in [-0.25, -0.2) is 9.59 Å². The van der Waals surface area contributed by atoms with Crippen LogP contribution in [0.3, 0.4) is 0 Å². The van der Waals surface area contributed by atoms with E-state index >= 15 is 0 Å². The summed E-state index contributed by atoms with van der Waals surface area (Å²) >= 11 is 0. The zero-order chi connectivity index (χ0) is 12.3. The standard InChI is InChI=1S/C11H20N2O3/c1-11(2,3)8(9(14)15)13-10(16)12-6-7-4-5-7/h7-8H,4-6H2,1-3H3,(H,14,15)(H2,12,13,16)/t8-/m1/s1. The molecule has 1 aliphatic carbocycles. The Labute approximate surface area is 95.6 Å². The van der Waals surface area contributed by atoms with Gasteiger partial charge in [0.15, 0.2) is 0 Å². The second-order valence-electron chi connectivity index (χ2n) is 5.44. The van der Waals surface area contributed by atoms with Crippen LogP contribution in [-0.4, -0.2) is 29.7 Å². The zero-order valence-electron chi connectivity index (χ0n) is 10.0. The maximum Gasteiger partial charge on any atom is 0.326 e. The number of aliphatic carboxylic acids is 1. The molecule has 3 N–H and O–H groups in total. The molecule has 1 rings (SSSR count). The number of nitrogens with one attached hydrogen (secondary N) is 2. The highest BCUT2D eigenvalue weighted by Crippen LogP contribution is 2.27. The average Bonchev–Trinajstić information content (AvgIpc) is 2.91. The monoisotopic (exact) mass is 228 g/mol. The summed E-state index contributed by atoms with van der Waals surface area (Å²) < 4.78 is 0. The molecule has 0 spiro atoms. The van der Waals surface area contributed by atoms with Gasteiger partial charge in [-0.3, -0.25) is 0 Å². The van der Waals surface area contributed by atoms with Crippen LogP contribution in [-0.2, 0) is 4.79 Å². The largest absolute Gasteiger partial charge is 0.480 e. The second kappa shape index (κ2) is 4.72. The number of urea groups is 1. The summed E-state index contributed by atoms with van der Waals surface area (Å²) in [5.41, 5.74) is -0.497. The molecule has 5 heteroatoms. The molecule has 1 atom stereocenters. The quantitative estimate of drug-likeness (QED) is 0.676. The van der Waals surface area contributed by atoms with E-state index in [0.29, 0.717) is 12.5 Å². The van der Waals surface area contributed by atoms with Crippen molar-refractivity contribution >= 4 is 12.0 Å². The minimum Gasteiger partial charge on any atom is -0.480 e. The molecular weight excluding hydrogens is 208 g/mol. The van der Waals surface area contributed by atoms with Crippen molar-refractivity contribution in [1.82, 2.24) is 10.6 Å². The van der Waals surface area contributed by atoms with Crippen LogP contribution < -0.4 is 10.6 Å². The van der Waals surface area contributed by atoms with E-state index in [2.05, 4.69) is 10.6 Å². The maximum absolute atomic E-state index is 11.5. The highest BCUT2D eigenvalue weighted by molar-refractivity contribution is 5.83. The van der Waals surface area contributed by atoms with Crippen molar-refractivity contribution in [2.75, 3.05) is 6.54 Å². The third-order valence-electron chi connectivity index (χ3n) is 2.64. The number of carboxylic acid groups (broad SMARTS) is 1. The lowest BCUT2D eigenvalue weighted by atomic mass is 9.87.